The molecule has 1 aliphatic rings. The first-order valence-corrected chi connectivity index (χ1v) is 8.64. The summed E-state index contributed by atoms with van der Waals surface area (Å²) in [5.74, 6) is -0.204. The van der Waals surface area contributed by atoms with Crippen LogP contribution in [0.15, 0.2) is 24.8 Å². The van der Waals surface area contributed by atoms with Gasteiger partial charge in [0.15, 0.2) is 0 Å². The molecule has 2 aromatic rings. The highest BCUT2D eigenvalue weighted by Crippen LogP contribution is 2.34. The minimum atomic E-state index is -0.136. The lowest BCUT2D eigenvalue weighted by Crippen LogP contribution is -2.38. The van der Waals surface area contributed by atoms with Gasteiger partial charge in [-0.25, -0.2) is 9.97 Å². The Balaban J connectivity index is 1.85. The molecule has 1 unspecified atom stereocenters. The van der Waals surface area contributed by atoms with E-state index in [4.69, 9.17) is 0 Å². The quantitative estimate of drug-likeness (QED) is 0.850. The number of carbonyl (C=O) groups excluding carboxylic acids is 2. The van der Waals surface area contributed by atoms with E-state index in [1.807, 2.05) is 0 Å². The maximum absolute atomic E-state index is 12.8. The third kappa shape index (κ3) is 3.28. The Bertz CT molecular complexity index is 731. The Morgan fingerprint density at radius 3 is 2.75 bits per heavy atom. The van der Waals surface area contributed by atoms with Gasteiger partial charge in [-0.15, -0.1) is 11.3 Å². The van der Waals surface area contributed by atoms with Crippen LogP contribution in [0.1, 0.15) is 50.5 Å². The summed E-state index contributed by atoms with van der Waals surface area (Å²) in [5, 5.41) is 0.803. The van der Waals surface area contributed by atoms with Gasteiger partial charge in [0.1, 0.15) is 15.6 Å². The molecule has 0 aromatic carbocycles. The van der Waals surface area contributed by atoms with E-state index in [-0.39, 0.29) is 17.9 Å². The normalized spacial score (nSPS) is 17.6. The number of hydrogen-bond donors (Lipinski definition) is 0. The van der Waals surface area contributed by atoms with E-state index in [1.165, 1.54) is 28.6 Å². The number of aromatic nitrogens is 3. The molecule has 0 spiro atoms. The van der Waals surface area contributed by atoms with Crippen LogP contribution in [0.25, 0.3) is 0 Å². The van der Waals surface area contributed by atoms with E-state index < -0.39 is 0 Å². The molecule has 1 atom stereocenters. The van der Waals surface area contributed by atoms with Crippen molar-refractivity contribution in [2.45, 2.75) is 25.3 Å². The summed E-state index contributed by atoms with van der Waals surface area (Å²) in [6.07, 6.45) is 8.98. The van der Waals surface area contributed by atoms with Crippen molar-refractivity contribution in [3.8, 4) is 0 Å². The molecule has 0 bridgehead atoms. The minimum Gasteiger partial charge on any atom is -0.344 e. The van der Waals surface area contributed by atoms with E-state index in [1.54, 1.807) is 31.4 Å². The topological polar surface area (TPSA) is 79.3 Å². The molecule has 3 heterocycles. The number of likely N-dealkylation sites (tertiary alicyclic amines) is 1. The largest absolute Gasteiger partial charge is 0.344 e. The summed E-state index contributed by atoms with van der Waals surface area (Å²) in [4.78, 5) is 41.2. The lowest BCUT2D eigenvalue weighted by molar-refractivity contribution is 0.0604. The molecule has 0 radical (unpaired) electrons. The molecule has 0 saturated carbocycles. The summed E-state index contributed by atoms with van der Waals surface area (Å²) in [5.41, 5.74) is 0.338. The number of thiazole rings is 1. The smallest absolute Gasteiger partial charge is 0.274 e. The zero-order valence-electron chi connectivity index (χ0n) is 13.7. The Morgan fingerprint density at radius 2 is 2.04 bits per heavy atom. The van der Waals surface area contributed by atoms with Crippen molar-refractivity contribution < 1.29 is 9.59 Å². The molecule has 3 rings (SSSR count). The van der Waals surface area contributed by atoms with Crippen molar-refractivity contribution >= 4 is 23.2 Å². The second kappa shape index (κ2) is 7.04. The maximum atomic E-state index is 12.8. The highest BCUT2D eigenvalue weighted by atomic mass is 32.1. The van der Waals surface area contributed by atoms with Gasteiger partial charge < -0.3 is 9.80 Å². The van der Waals surface area contributed by atoms with Crippen LogP contribution in [0, 0.1) is 0 Å². The second-order valence-corrected chi connectivity index (χ2v) is 6.93. The molecule has 0 N–H and O–H groups in total. The Hall–Kier alpha value is -2.35. The zero-order valence-corrected chi connectivity index (χ0v) is 14.5. The monoisotopic (exact) mass is 345 g/mol. The van der Waals surface area contributed by atoms with Gasteiger partial charge in [0, 0.05) is 33.0 Å². The third-order valence-corrected chi connectivity index (χ3v) is 5.06. The number of hydrogen-bond acceptors (Lipinski definition) is 6. The predicted octanol–water partition coefficient (Wildman–Crippen LogP) is 2.00. The van der Waals surface area contributed by atoms with Crippen molar-refractivity contribution in [2.75, 3.05) is 20.6 Å². The molecule has 1 aliphatic heterocycles. The van der Waals surface area contributed by atoms with Crippen molar-refractivity contribution in [2.24, 2.45) is 0 Å². The van der Waals surface area contributed by atoms with Crippen molar-refractivity contribution in [1.29, 1.82) is 0 Å². The summed E-state index contributed by atoms with van der Waals surface area (Å²) in [6, 6.07) is -0.109. The minimum absolute atomic E-state index is 0.0682. The van der Waals surface area contributed by atoms with E-state index >= 15 is 0 Å². The van der Waals surface area contributed by atoms with E-state index in [0.29, 0.717) is 17.1 Å². The molecule has 0 aliphatic carbocycles. The van der Waals surface area contributed by atoms with Crippen molar-refractivity contribution in [3.05, 3.63) is 40.4 Å². The van der Waals surface area contributed by atoms with E-state index in [0.717, 1.165) is 24.3 Å². The van der Waals surface area contributed by atoms with Gasteiger partial charge in [-0.2, -0.15) is 0 Å². The summed E-state index contributed by atoms with van der Waals surface area (Å²) in [7, 11) is 3.43. The van der Waals surface area contributed by atoms with Gasteiger partial charge >= 0.3 is 0 Å². The highest BCUT2D eigenvalue weighted by molar-refractivity contribution is 7.13. The molecule has 1 saturated heterocycles. The average molecular weight is 345 g/mol. The van der Waals surface area contributed by atoms with Gasteiger partial charge in [0.25, 0.3) is 11.8 Å². The fourth-order valence-electron chi connectivity index (χ4n) is 2.75. The van der Waals surface area contributed by atoms with Crippen LogP contribution in [0.4, 0.5) is 0 Å². The predicted molar refractivity (Wildman–Crippen MR) is 89.8 cm³/mol. The molecular weight excluding hydrogens is 326 g/mol. The van der Waals surface area contributed by atoms with E-state index in [9.17, 15) is 9.59 Å². The number of nitrogens with zero attached hydrogens (tertiary/aromatic N) is 5. The van der Waals surface area contributed by atoms with Crippen LogP contribution in [0.5, 0.6) is 0 Å². The van der Waals surface area contributed by atoms with Crippen molar-refractivity contribution in [1.82, 2.24) is 24.8 Å². The first-order valence-electron chi connectivity index (χ1n) is 7.82. The summed E-state index contributed by atoms with van der Waals surface area (Å²) in [6.45, 7) is 0.663. The van der Waals surface area contributed by atoms with Crippen LogP contribution in [0.2, 0.25) is 0 Å². The molecule has 126 valence electrons. The second-order valence-electron chi connectivity index (χ2n) is 5.86. The number of carbonyl (C=O) groups is 2. The van der Waals surface area contributed by atoms with Gasteiger partial charge in [-0.3, -0.25) is 14.6 Å². The molecular formula is C16H19N5O2S. The Morgan fingerprint density at radius 1 is 1.21 bits per heavy atom. The van der Waals surface area contributed by atoms with Crippen LogP contribution in [-0.2, 0) is 0 Å². The summed E-state index contributed by atoms with van der Waals surface area (Å²) >= 11 is 1.36. The van der Waals surface area contributed by atoms with Crippen LogP contribution in [-0.4, -0.2) is 57.2 Å². The van der Waals surface area contributed by atoms with Crippen LogP contribution >= 0.6 is 11.3 Å². The lowest BCUT2D eigenvalue weighted by atomic mass is 10.0. The fraction of sp³-hybridized carbons (Fsp3) is 0.438. The molecule has 2 amide bonds. The highest BCUT2D eigenvalue weighted by Gasteiger charge is 2.32. The van der Waals surface area contributed by atoms with Gasteiger partial charge in [-0.05, 0) is 19.3 Å². The van der Waals surface area contributed by atoms with Gasteiger partial charge in [0.05, 0.1) is 18.4 Å². The molecule has 2 aromatic heterocycles. The van der Waals surface area contributed by atoms with Gasteiger partial charge in [0.2, 0.25) is 0 Å². The first kappa shape index (κ1) is 16.5. The number of piperidine rings is 1. The number of amides is 2. The number of rotatable bonds is 3. The standard InChI is InChI=1S/C16H19N5O2S/c1-20(2)16(23)13-10-19-14(24-13)12-5-3-4-8-21(12)15(22)11-9-17-6-7-18-11/h6-7,9-10,12H,3-5,8H2,1-2H3. The fourth-order valence-corrected chi connectivity index (χ4v) is 3.84. The Kier molecular flexibility index (Phi) is 4.84. The third-order valence-electron chi connectivity index (χ3n) is 3.97. The van der Waals surface area contributed by atoms with E-state index in [2.05, 4.69) is 15.0 Å². The maximum Gasteiger partial charge on any atom is 0.274 e. The Labute approximate surface area is 144 Å². The summed E-state index contributed by atoms with van der Waals surface area (Å²) < 4.78 is 0. The van der Waals surface area contributed by atoms with Crippen LogP contribution in [0.3, 0.4) is 0 Å². The van der Waals surface area contributed by atoms with Crippen LogP contribution < -0.4 is 0 Å². The SMILES string of the molecule is CN(C)C(=O)c1cnc(C2CCCCN2C(=O)c2cnccn2)s1. The lowest BCUT2D eigenvalue weighted by Gasteiger charge is -2.34. The average Bonchev–Trinajstić information content (AvgIpc) is 3.11. The molecule has 24 heavy (non-hydrogen) atoms. The molecule has 8 heteroatoms. The zero-order chi connectivity index (χ0) is 17.1. The molecule has 1 fully saturated rings. The van der Waals surface area contributed by atoms with Gasteiger partial charge in [-0.1, -0.05) is 0 Å². The van der Waals surface area contributed by atoms with Crippen molar-refractivity contribution in [3.63, 3.8) is 0 Å². The molecule has 7 nitrogen and oxygen atoms in total. The first-order chi connectivity index (χ1) is 11.6.